The molecular formula is C10H11NO2S. The van der Waals surface area contributed by atoms with Crippen LogP contribution >= 0.6 is 10.5 Å². The zero-order valence-electron chi connectivity index (χ0n) is 7.75. The SMILES string of the molecule is COS1(c2ccc(O)cc2)C=CC=N1. The first-order valence-corrected chi connectivity index (χ1v) is 5.75. The second-order valence-corrected chi connectivity index (χ2v) is 5.24. The lowest BCUT2D eigenvalue weighted by Crippen LogP contribution is -1.93. The Kier molecular flexibility index (Phi) is 2.31. The van der Waals surface area contributed by atoms with Crippen LogP contribution in [0.4, 0.5) is 0 Å². The lowest BCUT2D eigenvalue weighted by molar-refractivity contribution is 0.468. The van der Waals surface area contributed by atoms with Gasteiger partial charge in [-0.1, -0.05) is 0 Å². The molecule has 0 aliphatic carbocycles. The monoisotopic (exact) mass is 209 g/mol. The number of rotatable bonds is 2. The highest BCUT2D eigenvalue weighted by Crippen LogP contribution is 2.60. The smallest absolute Gasteiger partial charge is 0.115 e. The summed E-state index contributed by atoms with van der Waals surface area (Å²) in [6, 6.07) is 6.96. The van der Waals surface area contributed by atoms with Gasteiger partial charge in [0, 0.05) is 27.0 Å². The molecule has 74 valence electrons. The molecule has 1 aromatic rings. The quantitative estimate of drug-likeness (QED) is 0.813. The van der Waals surface area contributed by atoms with E-state index in [1.807, 2.05) is 23.6 Å². The number of nitrogens with zero attached hydrogens (tertiary/aromatic N) is 1. The average molecular weight is 209 g/mol. The molecule has 0 spiro atoms. The molecule has 1 unspecified atom stereocenters. The number of benzene rings is 1. The van der Waals surface area contributed by atoms with Crippen LogP contribution < -0.4 is 0 Å². The molecular weight excluding hydrogens is 198 g/mol. The van der Waals surface area contributed by atoms with Crippen LogP contribution in [-0.2, 0) is 4.18 Å². The maximum Gasteiger partial charge on any atom is 0.115 e. The number of allylic oxidation sites excluding steroid dienone is 1. The van der Waals surface area contributed by atoms with Gasteiger partial charge in [0.2, 0.25) is 0 Å². The summed E-state index contributed by atoms with van der Waals surface area (Å²) in [5, 5.41) is 11.1. The molecule has 0 saturated carbocycles. The van der Waals surface area contributed by atoms with E-state index in [0.717, 1.165) is 4.90 Å². The topological polar surface area (TPSA) is 41.8 Å². The van der Waals surface area contributed by atoms with Gasteiger partial charge >= 0.3 is 0 Å². The largest absolute Gasteiger partial charge is 0.508 e. The fourth-order valence-corrected chi connectivity index (χ4v) is 3.08. The minimum Gasteiger partial charge on any atom is -0.508 e. The van der Waals surface area contributed by atoms with Crippen LogP contribution in [0.1, 0.15) is 0 Å². The summed E-state index contributed by atoms with van der Waals surface area (Å²) in [6.07, 6.45) is 3.62. The average Bonchev–Trinajstić information content (AvgIpc) is 2.68. The number of phenolic OH excluding ortho intramolecular Hbond substituents is 1. The molecule has 1 aliphatic rings. The summed E-state index contributed by atoms with van der Waals surface area (Å²) >= 11 is 0. The summed E-state index contributed by atoms with van der Waals surface area (Å²) in [7, 11) is 0.0312. The second-order valence-electron chi connectivity index (χ2n) is 2.81. The molecule has 4 heteroatoms. The number of phenols is 1. The highest BCUT2D eigenvalue weighted by Gasteiger charge is 2.23. The zero-order valence-corrected chi connectivity index (χ0v) is 8.57. The van der Waals surface area contributed by atoms with E-state index < -0.39 is 10.5 Å². The Morgan fingerprint density at radius 2 is 2.00 bits per heavy atom. The molecule has 1 atom stereocenters. The fourth-order valence-electron chi connectivity index (χ4n) is 1.28. The number of hydrogen-bond acceptors (Lipinski definition) is 3. The first kappa shape index (κ1) is 9.30. The Hall–Kier alpha value is -1.26. The third kappa shape index (κ3) is 1.42. The van der Waals surface area contributed by atoms with Crippen molar-refractivity contribution < 1.29 is 9.29 Å². The van der Waals surface area contributed by atoms with Gasteiger partial charge in [0.1, 0.15) is 5.75 Å². The Bertz CT molecular complexity index is 372. The van der Waals surface area contributed by atoms with E-state index in [-0.39, 0.29) is 5.75 Å². The van der Waals surface area contributed by atoms with Crippen molar-refractivity contribution >= 4 is 16.7 Å². The van der Waals surface area contributed by atoms with Gasteiger partial charge in [-0.25, -0.2) is 4.40 Å². The molecule has 1 aromatic carbocycles. The van der Waals surface area contributed by atoms with E-state index in [2.05, 4.69) is 4.40 Å². The van der Waals surface area contributed by atoms with Crippen LogP contribution in [0.5, 0.6) is 5.75 Å². The minimum absolute atomic E-state index is 0.255. The van der Waals surface area contributed by atoms with Crippen LogP contribution in [0.2, 0.25) is 0 Å². The van der Waals surface area contributed by atoms with Gasteiger partial charge in [-0.15, -0.1) is 0 Å². The third-order valence-electron chi connectivity index (χ3n) is 2.00. The van der Waals surface area contributed by atoms with Gasteiger partial charge in [-0.2, -0.15) is 0 Å². The van der Waals surface area contributed by atoms with Crippen molar-refractivity contribution in [1.29, 1.82) is 0 Å². The van der Waals surface area contributed by atoms with Gasteiger partial charge < -0.3 is 9.29 Å². The van der Waals surface area contributed by atoms with Crippen LogP contribution in [0, 0.1) is 0 Å². The van der Waals surface area contributed by atoms with Gasteiger partial charge in [-0.3, -0.25) is 0 Å². The molecule has 0 aromatic heterocycles. The molecule has 0 bridgehead atoms. The normalized spacial score (nSPS) is 28.9. The van der Waals surface area contributed by atoms with Gasteiger partial charge in [-0.05, 0) is 30.3 Å². The van der Waals surface area contributed by atoms with E-state index >= 15 is 0 Å². The van der Waals surface area contributed by atoms with Crippen LogP contribution in [0.15, 0.2) is 45.0 Å². The summed E-state index contributed by atoms with van der Waals surface area (Å²) in [5.74, 6) is 0.255. The van der Waals surface area contributed by atoms with Crippen molar-refractivity contribution in [2.24, 2.45) is 4.40 Å². The Balaban J connectivity index is 2.42. The van der Waals surface area contributed by atoms with E-state index in [1.165, 1.54) is 0 Å². The summed E-state index contributed by atoms with van der Waals surface area (Å²) < 4.78 is 9.77. The summed E-state index contributed by atoms with van der Waals surface area (Å²) in [4.78, 5) is 0.989. The molecule has 3 nitrogen and oxygen atoms in total. The molecule has 14 heavy (non-hydrogen) atoms. The van der Waals surface area contributed by atoms with E-state index in [4.69, 9.17) is 9.29 Å². The zero-order chi connectivity index (χ0) is 10.0. The van der Waals surface area contributed by atoms with E-state index in [9.17, 15) is 0 Å². The molecule has 1 N–H and O–H groups in total. The minimum atomic E-state index is -1.62. The van der Waals surface area contributed by atoms with Crippen molar-refractivity contribution in [1.82, 2.24) is 0 Å². The van der Waals surface area contributed by atoms with Crippen LogP contribution in [0.25, 0.3) is 0 Å². The second kappa shape index (κ2) is 3.48. The maximum atomic E-state index is 9.17. The number of hydrogen-bond donors (Lipinski definition) is 1. The Labute approximate surface area is 84.4 Å². The molecule has 2 rings (SSSR count). The number of aromatic hydroxyl groups is 1. The highest BCUT2D eigenvalue weighted by molar-refractivity contribution is 8.31. The standard InChI is InChI=1S/C10H11NO2S/c1-13-14(8-2-7-11-14)10-5-3-9(12)4-6-10/h2-8,12H,1H3. The highest BCUT2D eigenvalue weighted by atomic mass is 32.3. The van der Waals surface area contributed by atoms with E-state index in [1.54, 1.807) is 25.5 Å². The summed E-state index contributed by atoms with van der Waals surface area (Å²) in [5.41, 5.74) is 0. The van der Waals surface area contributed by atoms with Gasteiger partial charge in [0.15, 0.2) is 0 Å². The molecule has 1 aliphatic heterocycles. The predicted molar refractivity (Wildman–Crippen MR) is 58.6 cm³/mol. The first-order valence-electron chi connectivity index (χ1n) is 4.17. The molecule has 0 amide bonds. The Morgan fingerprint density at radius 1 is 1.29 bits per heavy atom. The molecule has 0 radical (unpaired) electrons. The van der Waals surface area contributed by atoms with E-state index in [0.29, 0.717) is 0 Å². The van der Waals surface area contributed by atoms with Crippen molar-refractivity contribution in [3.63, 3.8) is 0 Å². The fraction of sp³-hybridized carbons (Fsp3) is 0.100. The lowest BCUT2D eigenvalue weighted by Gasteiger charge is -2.27. The van der Waals surface area contributed by atoms with Crippen molar-refractivity contribution in [2.75, 3.05) is 7.11 Å². The lowest BCUT2D eigenvalue weighted by atomic mass is 10.3. The summed E-state index contributed by atoms with van der Waals surface area (Å²) in [6.45, 7) is 0. The van der Waals surface area contributed by atoms with Crippen molar-refractivity contribution in [3.8, 4) is 5.75 Å². The molecule has 1 heterocycles. The van der Waals surface area contributed by atoms with Crippen LogP contribution in [0.3, 0.4) is 0 Å². The van der Waals surface area contributed by atoms with Gasteiger partial charge in [0.25, 0.3) is 0 Å². The molecule has 0 fully saturated rings. The van der Waals surface area contributed by atoms with Crippen LogP contribution in [-0.4, -0.2) is 18.4 Å². The maximum absolute atomic E-state index is 9.17. The Morgan fingerprint density at radius 3 is 2.50 bits per heavy atom. The third-order valence-corrected chi connectivity index (χ3v) is 4.41. The first-order chi connectivity index (χ1) is 6.77. The predicted octanol–water partition coefficient (Wildman–Crippen LogP) is 2.63. The molecule has 0 saturated heterocycles. The van der Waals surface area contributed by atoms with Gasteiger partial charge in [0.05, 0.1) is 7.11 Å². The van der Waals surface area contributed by atoms with Crippen molar-refractivity contribution in [2.45, 2.75) is 4.90 Å². The van der Waals surface area contributed by atoms with Crippen molar-refractivity contribution in [3.05, 3.63) is 35.7 Å².